The van der Waals surface area contributed by atoms with Gasteiger partial charge in [-0.15, -0.1) is 0 Å². The van der Waals surface area contributed by atoms with E-state index in [2.05, 4.69) is 32.6 Å². The molecule has 0 aliphatic heterocycles. The number of nitrogens with two attached hydrogens (primary N) is 1. The van der Waals surface area contributed by atoms with Gasteiger partial charge in [0.15, 0.2) is 0 Å². The second kappa shape index (κ2) is 7.50. The fourth-order valence-electron chi connectivity index (χ4n) is 2.21. The monoisotopic (exact) mass is 297 g/mol. The van der Waals surface area contributed by atoms with Crippen molar-refractivity contribution in [3.8, 4) is 5.75 Å². The van der Waals surface area contributed by atoms with Crippen LogP contribution in [0, 0.1) is 5.41 Å². The first-order chi connectivity index (χ1) is 9.32. The van der Waals surface area contributed by atoms with Gasteiger partial charge in [-0.05, 0) is 45.9 Å². The van der Waals surface area contributed by atoms with Crippen LogP contribution in [0.2, 0.25) is 5.02 Å². The Kier molecular flexibility index (Phi) is 6.30. The largest absolute Gasteiger partial charge is 0.491 e. The highest BCUT2D eigenvalue weighted by Gasteiger charge is 2.14. The summed E-state index contributed by atoms with van der Waals surface area (Å²) in [4.78, 5) is 2.35. The number of nitrogens with one attached hydrogen (secondary N) is 1. The number of nitrogens with zero attached hydrogens (tertiary/aromatic N) is 1. The number of halogens is 1. The summed E-state index contributed by atoms with van der Waals surface area (Å²) in [6, 6.07) is 6.09. The van der Waals surface area contributed by atoms with Crippen molar-refractivity contribution in [1.82, 2.24) is 4.90 Å². The van der Waals surface area contributed by atoms with Gasteiger partial charge >= 0.3 is 0 Å². The molecule has 0 unspecified atom stereocenters. The van der Waals surface area contributed by atoms with Crippen molar-refractivity contribution in [3.63, 3.8) is 0 Å². The van der Waals surface area contributed by atoms with Crippen LogP contribution in [0.25, 0.3) is 0 Å². The molecule has 0 heterocycles. The van der Waals surface area contributed by atoms with Gasteiger partial charge in [0.05, 0.1) is 5.56 Å². The first kappa shape index (κ1) is 16.8. The molecule has 0 aliphatic carbocycles. The average molecular weight is 298 g/mol. The summed E-state index contributed by atoms with van der Waals surface area (Å²) in [7, 11) is 0. The predicted molar refractivity (Wildman–Crippen MR) is 84.9 cm³/mol. The summed E-state index contributed by atoms with van der Waals surface area (Å²) in [6.45, 7) is 10.1. The van der Waals surface area contributed by atoms with E-state index in [1.54, 1.807) is 18.2 Å². The molecule has 5 heteroatoms. The molecule has 0 aliphatic rings. The van der Waals surface area contributed by atoms with Crippen molar-refractivity contribution in [2.24, 2.45) is 5.73 Å². The molecule has 1 rings (SSSR count). The second-order valence-corrected chi connectivity index (χ2v) is 5.76. The zero-order valence-electron chi connectivity index (χ0n) is 12.6. The molecule has 0 aromatic heterocycles. The fraction of sp³-hybridized carbons (Fsp3) is 0.533. The minimum Gasteiger partial charge on any atom is -0.491 e. The van der Waals surface area contributed by atoms with E-state index < -0.39 is 0 Å². The standard InChI is InChI=1S/C15H24ClN3O/c1-10(2)19(11(3)4)7-8-20-14-6-5-12(16)9-13(14)15(17)18/h5-6,9-11H,7-8H2,1-4H3,(H3,17,18). The Balaban J connectivity index is 2.68. The van der Waals surface area contributed by atoms with Gasteiger partial charge in [0, 0.05) is 23.7 Å². The Morgan fingerprint density at radius 3 is 2.40 bits per heavy atom. The van der Waals surface area contributed by atoms with Crippen molar-refractivity contribution in [2.75, 3.05) is 13.2 Å². The number of hydrogen-bond donors (Lipinski definition) is 2. The Labute approximate surface area is 126 Å². The predicted octanol–water partition coefficient (Wildman–Crippen LogP) is 3.12. The molecule has 20 heavy (non-hydrogen) atoms. The maximum absolute atomic E-state index is 7.56. The molecular formula is C15H24ClN3O. The summed E-state index contributed by atoms with van der Waals surface area (Å²) < 4.78 is 5.76. The topological polar surface area (TPSA) is 62.3 Å². The van der Waals surface area contributed by atoms with E-state index in [4.69, 9.17) is 27.5 Å². The number of hydrogen-bond acceptors (Lipinski definition) is 3. The van der Waals surface area contributed by atoms with Crippen LogP contribution in [0.4, 0.5) is 0 Å². The summed E-state index contributed by atoms with van der Waals surface area (Å²) in [5, 5.41) is 8.11. The SMILES string of the molecule is CC(C)N(CCOc1ccc(Cl)cc1C(=N)N)C(C)C. The highest BCUT2D eigenvalue weighted by Crippen LogP contribution is 2.22. The molecule has 3 N–H and O–H groups in total. The first-order valence-electron chi connectivity index (χ1n) is 6.85. The lowest BCUT2D eigenvalue weighted by molar-refractivity contribution is 0.142. The van der Waals surface area contributed by atoms with Crippen LogP contribution in [0.5, 0.6) is 5.75 Å². The minimum absolute atomic E-state index is 0.0351. The summed E-state index contributed by atoms with van der Waals surface area (Å²) in [5.41, 5.74) is 6.09. The van der Waals surface area contributed by atoms with E-state index in [-0.39, 0.29) is 5.84 Å². The molecule has 0 amide bonds. The van der Waals surface area contributed by atoms with E-state index in [9.17, 15) is 0 Å². The molecule has 112 valence electrons. The van der Waals surface area contributed by atoms with Crippen LogP contribution in [-0.4, -0.2) is 36.0 Å². The van der Waals surface area contributed by atoms with Crippen molar-refractivity contribution in [3.05, 3.63) is 28.8 Å². The molecular weight excluding hydrogens is 274 g/mol. The Morgan fingerprint density at radius 1 is 1.30 bits per heavy atom. The normalized spacial score (nSPS) is 11.4. The zero-order chi connectivity index (χ0) is 15.3. The van der Waals surface area contributed by atoms with Gasteiger partial charge in [-0.1, -0.05) is 11.6 Å². The third kappa shape index (κ3) is 4.69. The first-order valence-corrected chi connectivity index (χ1v) is 7.23. The number of rotatable bonds is 7. The number of ether oxygens (including phenoxy) is 1. The molecule has 0 saturated heterocycles. The Morgan fingerprint density at radius 2 is 1.90 bits per heavy atom. The van der Waals surface area contributed by atoms with Gasteiger partial charge in [-0.3, -0.25) is 10.3 Å². The van der Waals surface area contributed by atoms with Crippen molar-refractivity contribution >= 4 is 17.4 Å². The fourth-order valence-corrected chi connectivity index (χ4v) is 2.38. The number of amidine groups is 1. The van der Waals surface area contributed by atoms with E-state index >= 15 is 0 Å². The second-order valence-electron chi connectivity index (χ2n) is 5.33. The smallest absolute Gasteiger partial charge is 0.130 e. The summed E-state index contributed by atoms with van der Waals surface area (Å²) >= 11 is 5.91. The van der Waals surface area contributed by atoms with Gasteiger partial charge < -0.3 is 10.5 Å². The molecule has 0 saturated carbocycles. The molecule has 1 aromatic rings. The van der Waals surface area contributed by atoms with Gasteiger partial charge in [-0.25, -0.2) is 0 Å². The lowest BCUT2D eigenvalue weighted by Gasteiger charge is -2.30. The van der Waals surface area contributed by atoms with Crippen LogP contribution in [0.3, 0.4) is 0 Å². The highest BCUT2D eigenvalue weighted by molar-refractivity contribution is 6.31. The van der Waals surface area contributed by atoms with Crippen LogP contribution < -0.4 is 10.5 Å². The molecule has 0 spiro atoms. The lowest BCUT2D eigenvalue weighted by Crippen LogP contribution is -2.39. The van der Waals surface area contributed by atoms with Crippen LogP contribution in [-0.2, 0) is 0 Å². The van der Waals surface area contributed by atoms with Gasteiger partial charge in [0.2, 0.25) is 0 Å². The van der Waals surface area contributed by atoms with Crippen LogP contribution in [0.15, 0.2) is 18.2 Å². The van der Waals surface area contributed by atoms with E-state index in [1.807, 2.05) is 0 Å². The van der Waals surface area contributed by atoms with Gasteiger partial charge in [0.25, 0.3) is 0 Å². The van der Waals surface area contributed by atoms with Crippen LogP contribution >= 0.6 is 11.6 Å². The molecule has 0 atom stereocenters. The average Bonchev–Trinajstić information content (AvgIpc) is 2.34. The van der Waals surface area contributed by atoms with Crippen LogP contribution in [0.1, 0.15) is 33.3 Å². The minimum atomic E-state index is -0.0351. The van der Waals surface area contributed by atoms with E-state index in [0.717, 1.165) is 6.54 Å². The maximum Gasteiger partial charge on any atom is 0.130 e. The van der Waals surface area contributed by atoms with Crippen molar-refractivity contribution < 1.29 is 4.74 Å². The molecule has 0 radical (unpaired) electrons. The summed E-state index contributed by atoms with van der Waals surface area (Å²) in [6.07, 6.45) is 0. The van der Waals surface area contributed by atoms with Crippen molar-refractivity contribution in [1.29, 1.82) is 5.41 Å². The highest BCUT2D eigenvalue weighted by atomic mass is 35.5. The third-order valence-electron chi connectivity index (χ3n) is 3.17. The maximum atomic E-state index is 7.56. The summed E-state index contributed by atoms with van der Waals surface area (Å²) in [5.74, 6) is 0.571. The molecule has 1 aromatic carbocycles. The Hall–Kier alpha value is -1.26. The lowest BCUT2D eigenvalue weighted by atomic mass is 10.2. The Bertz CT molecular complexity index is 452. The van der Waals surface area contributed by atoms with E-state index in [1.165, 1.54) is 0 Å². The van der Waals surface area contributed by atoms with Gasteiger partial charge in [0.1, 0.15) is 18.2 Å². The van der Waals surface area contributed by atoms with Crippen molar-refractivity contribution in [2.45, 2.75) is 39.8 Å². The van der Waals surface area contributed by atoms with Gasteiger partial charge in [-0.2, -0.15) is 0 Å². The quantitative estimate of drug-likeness (QED) is 0.600. The van der Waals surface area contributed by atoms with E-state index in [0.29, 0.717) is 35.0 Å². The molecule has 0 bridgehead atoms. The molecule has 4 nitrogen and oxygen atoms in total. The zero-order valence-corrected chi connectivity index (χ0v) is 13.4. The number of benzene rings is 1. The molecule has 0 fully saturated rings. The number of nitrogen functional groups attached to an aromatic ring is 1. The third-order valence-corrected chi connectivity index (χ3v) is 3.40.